The van der Waals surface area contributed by atoms with E-state index in [9.17, 15) is 9.59 Å². The lowest BCUT2D eigenvalue weighted by molar-refractivity contribution is -0.116. The van der Waals surface area contributed by atoms with Gasteiger partial charge in [-0.3, -0.25) is 4.79 Å². The second-order valence-corrected chi connectivity index (χ2v) is 6.08. The Hall–Kier alpha value is -2.60. The number of amides is 1. The summed E-state index contributed by atoms with van der Waals surface area (Å²) in [5, 5.41) is 4.37. The average Bonchev–Trinajstić information content (AvgIpc) is 2.95. The number of benzene rings is 1. The van der Waals surface area contributed by atoms with Crippen LogP contribution in [0.4, 0.5) is 5.69 Å². The van der Waals surface area contributed by atoms with Crippen molar-refractivity contribution in [2.24, 2.45) is 0 Å². The minimum atomic E-state index is -0.564. The molecule has 1 N–H and O–H groups in total. The van der Waals surface area contributed by atoms with E-state index in [1.165, 1.54) is 0 Å². The number of anilines is 1. The summed E-state index contributed by atoms with van der Waals surface area (Å²) < 4.78 is 10.8. The second-order valence-electron chi connectivity index (χ2n) is 6.08. The number of furan rings is 1. The van der Waals surface area contributed by atoms with Crippen LogP contribution in [0.25, 0.3) is 21.9 Å². The molecule has 0 aliphatic carbocycles. The molecule has 1 aromatic carbocycles. The molecule has 132 valence electrons. The molecule has 0 atom stereocenters. The van der Waals surface area contributed by atoms with Crippen molar-refractivity contribution in [1.82, 2.24) is 4.90 Å². The van der Waals surface area contributed by atoms with Crippen LogP contribution in [0.15, 0.2) is 38.1 Å². The Bertz CT molecular complexity index is 967. The van der Waals surface area contributed by atoms with Crippen LogP contribution in [0.3, 0.4) is 0 Å². The first-order chi connectivity index (χ1) is 12.0. The maximum absolute atomic E-state index is 12.1. The fourth-order valence-corrected chi connectivity index (χ4v) is 2.87. The number of rotatable bonds is 6. The summed E-state index contributed by atoms with van der Waals surface area (Å²) >= 11 is 0. The molecule has 25 heavy (non-hydrogen) atoms. The van der Waals surface area contributed by atoms with E-state index in [1.807, 2.05) is 13.0 Å². The monoisotopic (exact) mass is 342 g/mol. The first-order valence-corrected chi connectivity index (χ1v) is 8.49. The first kappa shape index (κ1) is 17.2. The van der Waals surface area contributed by atoms with Crippen LogP contribution in [0.2, 0.25) is 0 Å². The summed E-state index contributed by atoms with van der Waals surface area (Å²) in [5.41, 5.74) is 1.72. The summed E-state index contributed by atoms with van der Waals surface area (Å²) in [6.45, 7) is 8.50. The lowest BCUT2D eigenvalue weighted by atomic mass is 10.1. The third-order valence-corrected chi connectivity index (χ3v) is 4.45. The van der Waals surface area contributed by atoms with Crippen LogP contribution in [0, 0.1) is 6.92 Å². The van der Waals surface area contributed by atoms with Gasteiger partial charge in [-0.1, -0.05) is 13.8 Å². The zero-order chi connectivity index (χ0) is 18.0. The molecule has 0 saturated carbocycles. The highest BCUT2D eigenvalue weighted by atomic mass is 16.4. The SMILES string of the molecule is CCN(CC)CCC(=O)Nc1cc2cc3c(C)coc3cc2oc1=O. The number of nitrogens with one attached hydrogen (secondary N) is 1. The molecule has 0 spiro atoms. The van der Waals surface area contributed by atoms with Crippen molar-refractivity contribution >= 4 is 33.5 Å². The Labute approximate surface area is 145 Å². The van der Waals surface area contributed by atoms with E-state index in [-0.39, 0.29) is 11.6 Å². The fourth-order valence-electron chi connectivity index (χ4n) is 2.87. The highest BCUT2D eigenvalue weighted by Gasteiger charge is 2.12. The number of hydrogen-bond acceptors (Lipinski definition) is 5. The normalized spacial score (nSPS) is 11.5. The molecule has 3 rings (SSSR count). The van der Waals surface area contributed by atoms with Gasteiger partial charge < -0.3 is 19.1 Å². The Balaban J connectivity index is 1.84. The molecule has 0 aliphatic heterocycles. The van der Waals surface area contributed by atoms with Gasteiger partial charge in [0, 0.05) is 29.8 Å². The minimum Gasteiger partial charge on any atom is -0.464 e. The predicted molar refractivity (Wildman–Crippen MR) is 98.0 cm³/mol. The molecule has 0 aliphatic rings. The van der Waals surface area contributed by atoms with Crippen molar-refractivity contribution in [3.8, 4) is 0 Å². The highest BCUT2D eigenvalue weighted by molar-refractivity contribution is 5.97. The van der Waals surface area contributed by atoms with Gasteiger partial charge in [-0.05, 0) is 37.7 Å². The van der Waals surface area contributed by atoms with Gasteiger partial charge in [0.05, 0.1) is 6.26 Å². The quantitative estimate of drug-likeness (QED) is 0.694. The van der Waals surface area contributed by atoms with Crippen molar-refractivity contribution in [3.05, 3.63) is 40.4 Å². The topological polar surface area (TPSA) is 75.7 Å². The molecule has 2 aromatic heterocycles. The summed E-state index contributed by atoms with van der Waals surface area (Å²) in [6, 6.07) is 5.26. The van der Waals surface area contributed by atoms with Crippen LogP contribution in [0.1, 0.15) is 25.8 Å². The molecule has 0 fully saturated rings. The van der Waals surface area contributed by atoms with E-state index >= 15 is 0 Å². The van der Waals surface area contributed by atoms with E-state index in [1.54, 1.807) is 18.4 Å². The number of hydrogen-bond donors (Lipinski definition) is 1. The summed E-state index contributed by atoms with van der Waals surface area (Å²) in [5.74, 6) is -0.195. The summed E-state index contributed by atoms with van der Waals surface area (Å²) in [7, 11) is 0. The van der Waals surface area contributed by atoms with E-state index in [4.69, 9.17) is 8.83 Å². The molecule has 0 unspecified atom stereocenters. The Kier molecular flexibility index (Phi) is 4.90. The van der Waals surface area contributed by atoms with Gasteiger partial charge in [-0.15, -0.1) is 0 Å². The largest absolute Gasteiger partial charge is 0.464 e. The van der Waals surface area contributed by atoms with E-state index < -0.39 is 5.63 Å². The van der Waals surface area contributed by atoms with Crippen LogP contribution in [-0.2, 0) is 4.79 Å². The molecule has 0 bridgehead atoms. The maximum atomic E-state index is 12.1. The lowest BCUT2D eigenvalue weighted by Gasteiger charge is -2.17. The standard InChI is InChI=1S/C19H22N2O4/c1-4-21(5-2)7-6-18(22)20-15-9-13-8-14-12(3)11-24-17(14)10-16(13)25-19(15)23/h8-11H,4-7H2,1-3H3,(H,20,22). The first-order valence-electron chi connectivity index (χ1n) is 8.49. The predicted octanol–water partition coefficient (Wildman–Crippen LogP) is 3.52. The molecular weight excluding hydrogens is 320 g/mol. The molecule has 0 radical (unpaired) electrons. The van der Waals surface area contributed by atoms with E-state index in [0.29, 0.717) is 24.1 Å². The van der Waals surface area contributed by atoms with Crippen LogP contribution in [0.5, 0.6) is 0 Å². The van der Waals surface area contributed by atoms with Gasteiger partial charge in [0.25, 0.3) is 0 Å². The molecule has 6 heteroatoms. The summed E-state index contributed by atoms with van der Waals surface area (Å²) in [4.78, 5) is 26.4. The van der Waals surface area contributed by atoms with Crippen LogP contribution in [-0.4, -0.2) is 30.4 Å². The zero-order valence-corrected chi connectivity index (χ0v) is 14.7. The van der Waals surface area contributed by atoms with Gasteiger partial charge >= 0.3 is 5.63 Å². The molecular formula is C19H22N2O4. The van der Waals surface area contributed by atoms with Gasteiger partial charge in [0.1, 0.15) is 16.9 Å². The Morgan fingerprint density at radius 1 is 1.16 bits per heavy atom. The third-order valence-electron chi connectivity index (χ3n) is 4.45. The fraction of sp³-hybridized carbons (Fsp3) is 0.368. The van der Waals surface area contributed by atoms with Crippen molar-refractivity contribution in [2.45, 2.75) is 27.2 Å². The summed E-state index contributed by atoms with van der Waals surface area (Å²) in [6.07, 6.45) is 2.00. The molecule has 1 amide bonds. The maximum Gasteiger partial charge on any atom is 0.360 e. The second kappa shape index (κ2) is 7.11. The Morgan fingerprint density at radius 2 is 1.92 bits per heavy atom. The Morgan fingerprint density at radius 3 is 2.64 bits per heavy atom. The number of carbonyl (C=O) groups excluding carboxylic acids is 1. The van der Waals surface area contributed by atoms with Crippen molar-refractivity contribution in [2.75, 3.05) is 25.0 Å². The molecule has 6 nitrogen and oxygen atoms in total. The van der Waals surface area contributed by atoms with E-state index in [2.05, 4.69) is 24.1 Å². The van der Waals surface area contributed by atoms with Gasteiger partial charge in [0.15, 0.2) is 0 Å². The molecule has 2 heterocycles. The third kappa shape index (κ3) is 3.58. The highest BCUT2D eigenvalue weighted by Crippen LogP contribution is 2.27. The number of aryl methyl sites for hydroxylation is 1. The zero-order valence-electron chi connectivity index (χ0n) is 14.7. The average molecular weight is 342 g/mol. The number of carbonyl (C=O) groups is 1. The lowest BCUT2D eigenvalue weighted by Crippen LogP contribution is -2.28. The number of nitrogens with zero attached hydrogens (tertiary/aromatic N) is 1. The van der Waals surface area contributed by atoms with Crippen LogP contribution < -0.4 is 10.9 Å². The van der Waals surface area contributed by atoms with Gasteiger partial charge in [-0.2, -0.15) is 0 Å². The number of fused-ring (bicyclic) bond motifs is 2. The van der Waals surface area contributed by atoms with Gasteiger partial charge in [0.2, 0.25) is 5.91 Å². The van der Waals surface area contributed by atoms with E-state index in [0.717, 1.165) is 29.4 Å². The smallest absolute Gasteiger partial charge is 0.360 e. The van der Waals surface area contributed by atoms with Crippen LogP contribution >= 0.6 is 0 Å². The van der Waals surface area contributed by atoms with Crippen molar-refractivity contribution < 1.29 is 13.6 Å². The van der Waals surface area contributed by atoms with Crippen molar-refractivity contribution in [3.63, 3.8) is 0 Å². The molecule has 0 saturated heterocycles. The van der Waals surface area contributed by atoms with Gasteiger partial charge in [-0.25, -0.2) is 4.79 Å². The van der Waals surface area contributed by atoms with Crippen molar-refractivity contribution in [1.29, 1.82) is 0 Å². The minimum absolute atomic E-state index is 0.164. The molecule has 3 aromatic rings.